The Morgan fingerprint density at radius 2 is 1.94 bits per heavy atom. The van der Waals surface area contributed by atoms with Crippen LogP contribution in [0.3, 0.4) is 0 Å². The second kappa shape index (κ2) is 11.9. The third-order valence-electron chi connectivity index (χ3n) is 6.32. The highest BCUT2D eigenvalue weighted by Gasteiger charge is 2.31. The van der Waals surface area contributed by atoms with Crippen LogP contribution in [0.2, 0.25) is 0 Å². The zero-order valence-electron chi connectivity index (χ0n) is 21.6. The highest BCUT2D eigenvalue weighted by molar-refractivity contribution is 7.92. The summed E-state index contributed by atoms with van der Waals surface area (Å²) < 4.78 is 37.7. The van der Waals surface area contributed by atoms with Gasteiger partial charge in [0, 0.05) is 36.8 Å². The second-order valence-corrected chi connectivity index (χ2v) is 11.4. The van der Waals surface area contributed by atoms with Crippen molar-refractivity contribution in [1.29, 1.82) is 0 Å². The van der Waals surface area contributed by atoms with Gasteiger partial charge in [0.1, 0.15) is 17.6 Å². The van der Waals surface area contributed by atoms with E-state index >= 15 is 0 Å². The molecule has 198 valence electrons. The maximum absolute atomic E-state index is 13.2. The Morgan fingerprint density at radius 3 is 2.56 bits per heavy atom. The minimum atomic E-state index is -3.47. The average molecular weight is 520 g/mol. The summed E-state index contributed by atoms with van der Waals surface area (Å²) >= 11 is 0. The minimum absolute atomic E-state index is 0.0268. The first-order valence-corrected chi connectivity index (χ1v) is 13.9. The molecule has 2 aromatic carbocycles. The van der Waals surface area contributed by atoms with Gasteiger partial charge in [-0.2, -0.15) is 0 Å². The summed E-state index contributed by atoms with van der Waals surface area (Å²) in [6.07, 6.45) is 0.873. The van der Waals surface area contributed by atoms with Gasteiger partial charge in [-0.3, -0.25) is 14.4 Å². The Bertz CT molecular complexity index is 1140. The van der Waals surface area contributed by atoms with E-state index in [0.29, 0.717) is 36.6 Å². The summed E-state index contributed by atoms with van der Waals surface area (Å²) in [6, 6.07) is 12.6. The molecule has 9 nitrogen and oxygen atoms in total. The van der Waals surface area contributed by atoms with Crippen LogP contribution in [-0.2, 0) is 27.8 Å². The van der Waals surface area contributed by atoms with Crippen LogP contribution >= 0.6 is 0 Å². The molecule has 0 saturated carbocycles. The number of nitrogens with one attached hydrogen (secondary N) is 1. The lowest BCUT2D eigenvalue weighted by molar-refractivity contribution is -0.134. The zero-order chi connectivity index (χ0) is 26.5. The summed E-state index contributed by atoms with van der Waals surface area (Å²) in [5, 5.41) is 9.78. The van der Waals surface area contributed by atoms with Gasteiger partial charge in [0.2, 0.25) is 15.9 Å². The summed E-state index contributed by atoms with van der Waals surface area (Å²) in [5.74, 6) is 1.19. The number of sulfonamides is 1. The Labute approximate surface area is 214 Å². The fourth-order valence-electron chi connectivity index (χ4n) is 4.34. The van der Waals surface area contributed by atoms with Crippen molar-refractivity contribution in [3.05, 3.63) is 53.6 Å². The number of hydrogen-bond acceptors (Lipinski definition) is 7. The number of anilines is 1. The van der Waals surface area contributed by atoms with E-state index in [-0.39, 0.29) is 37.0 Å². The Balaban J connectivity index is 1.88. The molecule has 10 heteroatoms. The predicted molar refractivity (Wildman–Crippen MR) is 140 cm³/mol. The third kappa shape index (κ3) is 7.59. The molecule has 0 spiro atoms. The van der Waals surface area contributed by atoms with E-state index in [9.17, 15) is 18.3 Å². The summed E-state index contributed by atoms with van der Waals surface area (Å²) in [7, 11) is 0.187. The van der Waals surface area contributed by atoms with Crippen LogP contribution in [0.25, 0.3) is 0 Å². The highest BCUT2D eigenvalue weighted by Crippen LogP contribution is 2.29. The van der Waals surface area contributed by atoms with Crippen LogP contribution in [0, 0.1) is 5.92 Å². The van der Waals surface area contributed by atoms with Crippen LogP contribution in [0.1, 0.15) is 25.0 Å². The molecule has 1 heterocycles. The molecule has 0 radical (unpaired) electrons. The maximum atomic E-state index is 13.2. The van der Waals surface area contributed by atoms with Crippen molar-refractivity contribution < 1.29 is 27.8 Å². The first-order valence-electron chi connectivity index (χ1n) is 12.0. The van der Waals surface area contributed by atoms with Crippen molar-refractivity contribution in [3.63, 3.8) is 0 Å². The van der Waals surface area contributed by atoms with E-state index in [0.717, 1.165) is 17.6 Å². The molecule has 2 aromatic rings. The fraction of sp³-hybridized carbons (Fsp3) is 0.500. The van der Waals surface area contributed by atoms with Crippen molar-refractivity contribution in [2.24, 2.45) is 5.92 Å². The van der Waals surface area contributed by atoms with Crippen molar-refractivity contribution in [1.82, 2.24) is 9.80 Å². The van der Waals surface area contributed by atoms with E-state index in [1.165, 1.54) is 0 Å². The van der Waals surface area contributed by atoms with Crippen molar-refractivity contribution in [2.45, 2.75) is 39.0 Å². The molecule has 2 N–H and O–H groups in total. The van der Waals surface area contributed by atoms with E-state index in [1.807, 2.05) is 45.2 Å². The molecule has 1 aliphatic rings. The lowest BCUT2D eigenvalue weighted by Gasteiger charge is -2.34. The molecule has 0 saturated heterocycles. The molecular formula is C26H37N3O6S. The lowest BCUT2D eigenvalue weighted by Crippen LogP contribution is -2.47. The number of methoxy groups -OCH3 is 1. The number of ether oxygens (including phenoxy) is 2. The van der Waals surface area contributed by atoms with Crippen LogP contribution < -0.4 is 14.2 Å². The number of amides is 1. The van der Waals surface area contributed by atoms with E-state index in [1.54, 1.807) is 30.2 Å². The first kappa shape index (κ1) is 27.8. The Hall–Kier alpha value is -2.82. The van der Waals surface area contributed by atoms with Gasteiger partial charge in [-0.25, -0.2) is 8.42 Å². The van der Waals surface area contributed by atoms with Gasteiger partial charge in [0.05, 0.1) is 32.4 Å². The summed E-state index contributed by atoms with van der Waals surface area (Å²) in [5.41, 5.74) is 2.10. The molecule has 0 aliphatic carbocycles. The number of nitrogens with zero attached hydrogens (tertiary/aromatic N) is 2. The molecule has 1 amide bonds. The Morgan fingerprint density at radius 1 is 1.25 bits per heavy atom. The molecular weight excluding hydrogens is 482 g/mol. The van der Waals surface area contributed by atoms with Crippen LogP contribution in [0.4, 0.5) is 5.69 Å². The number of rotatable bonds is 9. The maximum Gasteiger partial charge on any atom is 0.229 e. The van der Waals surface area contributed by atoms with E-state index in [2.05, 4.69) is 9.62 Å². The van der Waals surface area contributed by atoms with Gasteiger partial charge in [0.25, 0.3) is 0 Å². The molecule has 3 atom stereocenters. The van der Waals surface area contributed by atoms with Crippen molar-refractivity contribution in [2.75, 3.05) is 44.8 Å². The summed E-state index contributed by atoms with van der Waals surface area (Å²) in [6.45, 7) is 5.45. The van der Waals surface area contributed by atoms with Crippen LogP contribution in [-0.4, -0.2) is 81.5 Å². The van der Waals surface area contributed by atoms with Crippen LogP contribution in [0.15, 0.2) is 42.5 Å². The lowest BCUT2D eigenvalue weighted by atomic mass is 10.0. The molecule has 0 aromatic heterocycles. The van der Waals surface area contributed by atoms with E-state index < -0.39 is 10.0 Å². The van der Waals surface area contributed by atoms with E-state index in [4.69, 9.17) is 9.47 Å². The molecule has 36 heavy (non-hydrogen) atoms. The average Bonchev–Trinajstić information content (AvgIpc) is 2.86. The van der Waals surface area contributed by atoms with Gasteiger partial charge in [-0.15, -0.1) is 0 Å². The monoisotopic (exact) mass is 519 g/mol. The van der Waals surface area contributed by atoms with Crippen molar-refractivity contribution >= 4 is 21.6 Å². The van der Waals surface area contributed by atoms with Crippen LogP contribution in [0.5, 0.6) is 11.5 Å². The molecule has 3 rings (SSSR count). The number of benzene rings is 2. The number of likely N-dealkylation sites (N-methyl/N-ethyl adjacent to an activating group) is 1. The predicted octanol–water partition coefficient (Wildman–Crippen LogP) is 2.35. The molecule has 1 aliphatic heterocycles. The van der Waals surface area contributed by atoms with Gasteiger partial charge < -0.3 is 19.5 Å². The largest absolute Gasteiger partial charge is 0.497 e. The topological polar surface area (TPSA) is 108 Å². The minimum Gasteiger partial charge on any atom is -0.497 e. The number of carbonyl (C=O) groups excluding carboxylic acids is 1. The zero-order valence-corrected chi connectivity index (χ0v) is 22.4. The number of aliphatic hydroxyl groups is 1. The number of hydrogen-bond donors (Lipinski definition) is 2. The summed E-state index contributed by atoms with van der Waals surface area (Å²) in [4.78, 5) is 17.1. The number of fused-ring (bicyclic) bond motifs is 1. The molecule has 0 unspecified atom stereocenters. The van der Waals surface area contributed by atoms with Gasteiger partial charge in [0.15, 0.2) is 0 Å². The quantitative estimate of drug-likeness (QED) is 0.524. The SMILES string of the molecule is COc1ccc(CN(C)C[C@H]2Oc3ccc(NS(C)(=O)=O)cc3CC(=O)N([C@H](C)CO)C[C@@H]2C)cc1. The Kier molecular flexibility index (Phi) is 9.21. The number of carbonyl (C=O) groups is 1. The van der Waals surface area contributed by atoms with Gasteiger partial charge >= 0.3 is 0 Å². The van der Waals surface area contributed by atoms with Gasteiger partial charge in [-0.1, -0.05) is 19.1 Å². The molecule has 0 bridgehead atoms. The molecule has 0 fully saturated rings. The third-order valence-corrected chi connectivity index (χ3v) is 6.93. The van der Waals surface area contributed by atoms with Crippen molar-refractivity contribution in [3.8, 4) is 11.5 Å². The second-order valence-electron chi connectivity index (χ2n) is 9.63. The number of aliphatic hydroxyl groups excluding tert-OH is 1. The standard InChI is InChI=1S/C26H37N3O6S/c1-18-14-29(19(2)17-30)26(31)13-21-12-22(27-36(5,32)33)8-11-24(21)35-25(18)16-28(3)15-20-6-9-23(34-4)10-7-20/h6-12,18-19,25,27,30H,13-17H2,1-5H3/t18-,19+,25+/m0/s1. The fourth-order valence-corrected chi connectivity index (χ4v) is 4.89. The first-order chi connectivity index (χ1) is 17.0. The highest BCUT2D eigenvalue weighted by atomic mass is 32.2. The smallest absolute Gasteiger partial charge is 0.229 e. The normalized spacial score (nSPS) is 19.5. The van der Waals surface area contributed by atoms with Gasteiger partial charge in [-0.05, 0) is 49.9 Å².